The number of amides is 1. The topological polar surface area (TPSA) is 66.4 Å². The van der Waals surface area contributed by atoms with E-state index in [9.17, 15) is 9.59 Å². The first kappa shape index (κ1) is 13.5. The Labute approximate surface area is 82.3 Å². The van der Waals surface area contributed by atoms with Gasteiger partial charge in [0, 0.05) is 12.7 Å². The van der Waals surface area contributed by atoms with Gasteiger partial charge >= 0.3 is 24.8 Å². The van der Waals surface area contributed by atoms with Crippen LogP contribution in [0.25, 0.3) is 0 Å². The number of hydrogen-bond acceptors (Lipinski definition) is 3. The predicted octanol–water partition coefficient (Wildman–Crippen LogP) is -1.14. The molecule has 0 bridgehead atoms. The Kier molecular flexibility index (Phi) is 8.07. The molecular formula is C5H10LiNO3S. The first-order chi connectivity index (χ1) is 4.57. The number of rotatable bonds is 3. The number of carbonyl (C=O) groups is 2. The summed E-state index contributed by atoms with van der Waals surface area (Å²) < 4.78 is 0. The molecule has 0 rings (SSSR count). The third-order valence-electron chi connectivity index (χ3n) is 0.858. The van der Waals surface area contributed by atoms with Crippen molar-refractivity contribution in [2.45, 2.75) is 13.0 Å². The van der Waals surface area contributed by atoms with E-state index in [1.54, 1.807) is 0 Å². The summed E-state index contributed by atoms with van der Waals surface area (Å²) in [6.45, 7) is 1.26. The predicted molar refractivity (Wildman–Crippen MR) is 46.2 cm³/mol. The molecule has 0 heterocycles. The van der Waals surface area contributed by atoms with Gasteiger partial charge in [-0.05, 0) is 0 Å². The molecule has 2 N–H and O–H groups in total. The minimum absolute atomic E-state index is 0. The van der Waals surface area contributed by atoms with Crippen LogP contribution in [0.15, 0.2) is 0 Å². The third kappa shape index (κ3) is 6.29. The molecule has 1 atom stereocenters. The van der Waals surface area contributed by atoms with Crippen molar-refractivity contribution in [2.24, 2.45) is 0 Å². The van der Waals surface area contributed by atoms with E-state index in [1.165, 1.54) is 6.92 Å². The van der Waals surface area contributed by atoms with Crippen molar-refractivity contribution >= 4 is 43.4 Å². The molecule has 0 aliphatic rings. The first-order valence-corrected chi connectivity index (χ1v) is 3.32. The number of carboxylic acids is 1. The summed E-state index contributed by atoms with van der Waals surface area (Å²) in [5.74, 6) is -1.32. The van der Waals surface area contributed by atoms with Gasteiger partial charge in [-0.15, -0.1) is 0 Å². The van der Waals surface area contributed by atoms with Crippen molar-refractivity contribution in [3.05, 3.63) is 0 Å². The Hall–Kier alpha value is -0.113. The molecule has 60 valence electrons. The molecule has 1 unspecified atom stereocenters. The molecule has 4 nitrogen and oxygen atoms in total. The van der Waals surface area contributed by atoms with Crippen molar-refractivity contribution in [3.8, 4) is 0 Å². The SMILES string of the molecule is CC(=O)NC(CS)C(=O)O.[LiH]. The summed E-state index contributed by atoms with van der Waals surface area (Å²) in [5.41, 5.74) is 0. The fourth-order valence-corrected chi connectivity index (χ4v) is 0.678. The average molecular weight is 171 g/mol. The van der Waals surface area contributed by atoms with E-state index in [1.807, 2.05) is 0 Å². The maximum atomic E-state index is 10.3. The van der Waals surface area contributed by atoms with Crippen molar-refractivity contribution < 1.29 is 14.7 Å². The number of carboxylic acid groups (broad SMARTS) is 1. The number of nitrogens with one attached hydrogen (secondary N) is 1. The molecule has 0 saturated carbocycles. The van der Waals surface area contributed by atoms with E-state index in [4.69, 9.17) is 5.11 Å². The Morgan fingerprint density at radius 2 is 2.09 bits per heavy atom. The molecule has 0 aromatic rings. The van der Waals surface area contributed by atoms with Gasteiger partial charge in [-0.2, -0.15) is 12.6 Å². The molecule has 0 aliphatic heterocycles. The first-order valence-electron chi connectivity index (χ1n) is 2.68. The maximum absolute atomic E-state index is 10.3. The summed E-state index contributed by atoms with van der Waals surface area (Å²) >= 11 is 3.73. The number of hydrogen-bond donors (Lipinski definition) is 3. The molecule has 0 aromatic heterocycles. The molecule has 0 fully saturated rings. The summed E-state index contributed by atoms with van der Waals surface area (Å²) in [6, 6.07) is -0.874. The normalized spacial score (nSPS) is 11.1. The van der Waals surface area contributed by atoms with Crippen LogP contribution < -0.4 is 5.32 Å². The van der Waals surface area contributed by atoms with Crippen molar-refractivity contribution in [1.82, 2.24) is 5.32 Å². The third-order valence-corrected chi connectivity index (χ3v) is 1.22. The molecule has 11 heavy (non-hydrogen) atoms. The molecular weight excluding hydrogens is 161 g/mol. The molecule has 0 aliphatic carbocycles. The Morgan fingerprint density at radius 1 is 1.64 bits per heavy atom. The Balaban J connectivity index is 0. The van der Waals surface area contributed by atoms with Crippen LogP contribution >= 0.6 is 12.6 Å². The van der Waals surface area contributed by atoms with Crippen LogP contribution in [0.3, 0.4) is 0 Å². The van der Waals surface area contributed by atoms with Crippen LogP contribution in [0.5, 0.6) is 0 Å². The van der Waals surface area contributed by atoms with Crippen LogP contribution in [0.4, 0.5) is 0 Å². The summed E-state index contributed by atoms with van der Waals surface area (Å²) in [4.78, 5) is 20.5. The standard InChI is InChI=1S/C5H9NO3S.Li.H/c1-3(7)6-4(2-10)5(8)9;;/h4,10H,2H2,1H3,(H,6,7)(H,8,9);;. The molecule has 0 aromatic carbocycles. The van der Waals surface area contributed by atoms with E-state index < -0.39 is 12.0 Å². The monoisotopic (exact) mass is 171 g/mol. The van der Waals surface area contributed by atoms with Crippen LogP contribution in [0.1, 0.15) is 6.92 Å². The summed E-state index contributed by atoms with van der Waals surface area (Å²) in [7, 11) is 0. The molecule has 1 amide bonds. The summed E-state index contributed by atoms with van der Waals surface area (Å²) in [6.07, 6.45) is 0. The molecule has 6 heteroatoms. The second-order valence-corrected chi connectivity index (χ2v) is 2.14. The fourth-order valence-electron chi connectivity index (χ4n) is 0.431. The van der Waals surface area contributed by atoms with Crippen LogP contribution in [-0.4, -0.2) is 47.6 Å². The quantitative estimate of drug-likeness (QED) is 0.371. The van der Waals surface area contributed by atoms with Crippen LogP contribution in [0, 0.1) is 0 Å². The molecule has 0 spiro atoms. The fraction of sp³-hybridized carbons (Fsp3) is 0.600. The molecule has 0 saturated heterocycles. The second kappa shape index (κ2) is 6.59. The van der Waals surface area contributed by atoms with Gasteiger partial charge in [-0.1, -0.05) is 0 Å². The van der Waals surface area contributed by atoms with E-state index in [0.717, 1.165) is 0 Å². The number of aliphatic carboxylic acids is 1. The van der Waals surface area contributed by atoms with Gasteiger partial charge in [0.1, 0.15) is 6.04 Å². The number of thiol groups is 1. The van der Waals surface area contributed by atoms with Crippen molar-refractivity contribution in [3.63, 3.8) is 0 Å². The van der Waals surface area contributed by atoms with Gasteiger partial charge in [0.15, 0.2) is 0 Å². The van der Waals surface area contributed by atoms with Crippen LogP contribution in [-0.2, 0) is 9.59 Å². The summed E-state index contributed by atoms with van der Waals surface area (Å²) in [5, 5.41) is 10.6. The molecule has 0 radical (unpaired) electrons. The van der Waals surface area contributed by atoms with Crippen LogP contribution in [0.2, 0.25) is 0 Å². The Bertz CT molecular complexity index is 153. The zero-order valence-electron chi connectivity index (χ0n) is 5.50. The van der Waals surface area contributed by atoms with Gasteiger partial charge in [0.05, 0.1) is 0 Å². The van der Waals surface area contributed by atoms with Gasteiger partial charge in [0.2, 0.25) is 5.91 Å². The van der Waals surface area contributed by atoms with Crippen molar-refractivity contribution in [1.29, 1.82) is 0 Å². The number of carbonyl (C=O) groups excluding carboxylic acids is 1. The minimum atomic E-state index is -1.06. The average Bonchev–Trinajstić information content (AvgIpc) is 1.81. The zero-order chi connectivity index (χ0) is 8.15. The van der Waals surface area contributed by atoms with Gasteiger partial charge < -0.3 is 10.4 Å². The Morgan fingerprint density at radius 3 is 2.18 bits per heavy atom. The van der Waals surface area contributed by atoms with E-state index >= 15 is 0 Å². The van der Waals surface area contributed by atoms with E-state index in [0.29, 0.717) is 0 Å². The van der Waals surface area contributed by atoms with E-state index in [2.05, 4.69) is 17.9 Å². The van der Waals surface area contributed by atoms with Gasteiger partial charge in [-0.3, -0.25) is 4.79 Å². The zero-order valence-corrected chi connectivity index (χ0v) is 6.39. The van der Waals surface area contributed by atoms with Gasteiger partial charge in [-0.25, -0.2) is 4.79 Å². The van der Waals surface area contributed by atoms with Crippen molar-refractivity contribution in [2.75, 3.05) is 5.75 Å². The van der Waals surface area contributed by atoms with E-state index in [-0.39, 0.29) is 30.5 Å². The second-order valence-electron chi connectivity index (χ2n) is 1.77. The van der Waals surface area contributed by atoms with Gasteiger partial charge in [0.25, 0.3) is 0 Å².